The van der Waals surface area contributed by atoms with E-state index in [9.17, 15) is 10.1 Å². The van der Waals surface area contributed by atoms with Crippen molar-refractivity contribution in [2.45, 2.75) is 20.4 Å². The minimum absolute atomic E-state index is 0.0633. The molecule has 0 heterocycles. The van der Waals surface area contributed by atoms with Crippen molar-refractivity contribution >= 4 is 11.4 Å². The minimum Gasteiger partial charge on any atom is -0.382 e. The van der Waals surface area contributed by atoms with Crippen LogP contribution in [0.25, 0.3) is 0 Å². The Hall–Kier alpha value is -2.13. The van der Waals surface area contributed by atoms with Gasteiger partial charge in [0.15, 0.2) is 0 Å². The van der Waals surface area contributed by atoms with Gasteiger partial charge in [0.25, 0.3) is 5.69 Å². The van der Waals surface area contributed by atoms with Gasteiger partial charge in [-0.3, -0.25) is 15.0 Å². The van der Waals surface area contributed by atoms with Crippen LogP contribution >= 0.6 is 0 Å². The normalized spacial score (nSPS) is 11.9. The second-order valence-electron chi connectivity index (χ2n) is 4.68. The number of rotatable bonds is 7. The SMILES string of the molecule is CCN(Cc1cccc([N+](=O)[O-])c1NC)CC(C)C#N. The summed E-state index contributed by atoms with van der Waals surface area (Å²) in [4.78, 5) is 12.7. The monoisotopic (exact) mass is 276 g/mol. The molecule has 0 aliphatic rings. The van der Waals surface area contributed by atoms with Crippen molar-refractivity contribution in [3.05, 3.63) is 33.9 Å². The summed E-state index contributed by atoms with van der Waals surface area (Å²) in [5, 5.41) is 22.8. The van der Waals surface area contributed by atoms with E-state index in [1.807, 2.05) is 19.9 Å². The molecular weight excluding hydrogens is 256 g/mol. The highest BCUT2D eigenvalue weighted by Crippen LogP contribution is 2.28. The first kappa shape index (κ1) is 15.9. The summed E-state index contributed by atoms with van der Waals surface area (Å²) in [6.45, 7) is 5.91. The summed E-state index contributed by atoms with van der Waals surface area (Å²) in [5.74, 6) is -0.0633. The van der Waals surface area contributed by atoms with E-state index < -0.39 is 0 Å². The Balaban J connectivity index is 2.99. The molecule has 0 aliphatic heterocycles. The molecule has 1 rings (SSSR count). The Kier molecular flexibility index (Phi) is 5.94. The van der Waals surface area contributed by atoms with E-state index in [1.54, 1.807) is 13.1 Å². The second-order valence-corrected chi connectivity index (χ2v) is 4.68. The Labute approximate surface area is 119 Å². The molecule has 1 N–H and O–H groups in total. The minimum atomic E-state index is -0.385. The number of nitrogens with one attached hydrogen (secondary N) is 1. The van der Waals surface area contributed by atoms with Gasteiger partial charge in [-0.15, -0.1) is 0 Å². The smallest absolute Gasteiger partial charge is 0.292 e. The molecule has 20 heavy (non-hydrogen) atoms. The fraction of sp³-hybridized carbons (Fsp3) is 0.500. The molecule has 1 unspecified atom stereocenters. The van der Waals surface area contributed by atoms with E-state index in [-0.39, 0.29) is 16.5 Å². The lowest BCUT2D eigenvalue weighted by Crippen LogP contribution is -2.28. The maximum atomic E-state index is 11.0. The van der Waals surface area contributed by atoms with E-state index in [1.165, 1.54) is 6.07 Å². The lowest BCUT2D eigenvalue weighted by atomic mass is 10.1. The van der Waals surface area contributed by atoms with Crippen LogP contribution in [0.5, 0.6) is 0 Å². The number of nitriles is 1. The first-order valence-electron chi connectivity index (χ1n) is 6.59. The molecule has 1 aromatic rings. The van der Waals surface area contributed by atoms with Crippen LogP contribution in [0.15, 0.2) is 18.2 Å². The van der Waals surface area contributed by atoms with Gasteiger partial charge in [-0.05, 0) is 19.0 Å². The number of hydrogen-bond donors (Lipinski definition) is 1. The third-order valence-corrected chi connectivity index (χ3v) is 3.17. The molecule has 0 bridgehead atoms. The molecule has 0 fully saturated rings. The molecule has 6 heteroatoms. The second kappa shape index (κ2) is 7.46. The Bertz CT molecular complexity index is 510. The zero-order valence-electron chi connectivity index (χ0n) is 12.1. The van der Waals surface area contributed by atoms with Crippen LogP contribution in [0.3, 0.4) is 0 Å². The van der Waals surface area contributed by atoms with Gasteiger partial charge in [0.1, 0.15) is 5.69 Å². The van der Waals surface area contributed by atoms with Crippen LogP contribution in [0.2, 0.25) is 0 Å². The van der Waals surface area contributed by atoms with Crippen molar-refractivity contribution in [2.75, 3.05) is 25.5 Å². The maximum absolute atomic E-state index is 11.0. The lowest BCUT2D eigenvalue weighted by molar-refractivity contribution is -0.384. The summed E-state index contributed by atoms with van der Waals surface area (Å²) in [7, 11) is 1.68. The predicted octanol–water partition coefficient (Wildman–Crippen LogP) is 2.62. The number of nitrogens with zero attached hydrogens (tertiary/aromatic N) is 3. The van der Waals surface area contributed by atoms with Gasteiger partial charge in [-0.1, -0.05) is 19.1 Å². The molecule has 108 valence electrons. The van der Waals surface area contributed by atoms with Crippen molar-refractivity contribution in [3.8, 4) is 6.07 Å². The van der Waals surface area contributed by atoms with Gasteiger partial charge in [-0.25, -0.2) is 0 Å². The maximum Gasteiger partial charge on any atom is 0.292 e. The van der Waals surface area contributed by atoms with Crippen LogP contribution in [-0.2, 0) is 6.54 Å². The van der Waals surface area contributed by atoms with Crippen LogP contribution in [0, 0.1) is 27.4 Å². The summed E-state index contributed by atoms with van der Waals surface area (Å²) in [6.07, 6.45) is 0. The third kappa shape index (κ3) is 3.93. The Morgan fingerprint density at radius 1 is 1.55 bits per heavy atom. The molecule has 0 spiro atoms. The third-order valence-electron chi connectivity index (χ3n) is 3.17. The van der Waals surface area contributed by atoms with Crippen molar-refractivity contribution in [1.82, 2.24) is 4.90 Å². The summed E-state index contributed by atoms with van der Waals surface area (Å²) >= 11 is 0. The molecule has 1 atom stereocenters. The largest absolute Gasteiger partial charge is 0.382 e. The summed E-state index contributed by atoms with van der Waals surface area (Å²) in [5.41, 5.74) is 1.49. The topological polar surface area (TPSA) is 82.2 Å². The van der Waals surface area contributed by atoms with Crippen molar-refractivity contribution in [1.29, 1.82) is 5.26 Å². The van der Waals surface area contributed by atoms with E-state index in [0.29, 0.717) is 18.8 Å². The van der Waals surface area contributed by atoms with E-state index in [0.717, 1.165) is 12.1 Å². The quantitative estimate of drug-likeness (QED) is 0.611. The number of anilines is 1. The zero-order chi connectivity index (χ0) is 15.1. The highest BCUT2D eigenvalue weighted by molar-refractivity contribution is 5.66. The average molecular weight is 276 g/mol. The number of benzene rings is 1. The molecule has 0 amide bonds. The molecule has 1 aromatic carbocycles. The average Bonchev–Trinajstić information content (AvgIpc) is 2.45. The number of nitro groups is 1. The molecule has 0 saturated carbocycles. The number of hydrogen-bond acceptors (Lipinski definition) is 5. The van der Waals surface area contributed by atoms with E-state index in [2.05, 4.69) is 16.3 Å². The molecule has 0 aliphatic carbocycles. The predicted molar refractivity (Wildman–Crippen MR) is 78.4 cm³/mol. The first-order valence-corrected chi connectivity index (χ1v) is 6.59. The van der Waals surface area contributed by atoms with Crippen LogP contribution < -0.4 is 5.32 Å². The van der Waals surface area contributed by atoms with Gasteiger partial charge < -0.3 is 5.32 Å². The highest BCUT2D eigenvalue weighted by atomic mass is 16.6. The highest BCUT2D eigenvalue weighted by Gasteiger charge is 2.18. The standard InChI is InChI=1S/C14H20N4O2/c1-4-17(9-11(2)8-15)10-12-6-5-7-13(18(19)20)14(12)16-3/h5-7,11,16H,4,9-10H2,1-3H3. The van der Waals surface area contributed by atoms with Crippen molar-refractivity contribution in [2.24, 2.45) is 5.92 Å². The van der Waals surface area contributed by atoms with E-state index >= 15 is 0 Å². The fourth-order valence-electron chi connectivity index (χ4n) is 2.13. The number of para-hydroxylation sites is 1. The zero-order valence-corrected chi connectivity index (χ0v) is 12.1. The molecular formula is C14H20N4O2. The van der Waals surface area contributed by atoms with Gasteiger partial charge >= 0.3 is 0 Å². The molecule has 6 nitrogen and oxygen atoms in total. The number of nitro benzene ring substituents is 1. The van der Waals surface area contributed by atoms with Crippen LogP contribution in [-0.4, -0.2) is 30.0 Å². The van der Waals surface area contributed by atoms with Gasteiger partial charge in [-0.2, -0.15) is 5.26 Å². The summed E-state index contributed by atoms with van der Waals surface area (Å²) < 4.78 is 0. The van der Waals surface area contributed by atoms with Gasteiger partial charge in [0.2, 0.25) is 0 Å². The van der Waals surface area contributed by atoms with Crippen LogP contribution in [0.1, 0.15) is 19.4 Å². The Morgan fingerprint density at radius 2 is 2.25 bits per heavy atom. The van der Waals surface area contributed by atoms with E-state index in [4.69, 9.17) is 5.26 Å². The van der Waals surface area contributed by atoms with Crippen molar-refractivity contribution in [3.63, 3.8) is 0 Å². The summed E-state index contributed by atoms with van der Waals surface area (Å²) in [6, 6.07) is 7.26. The van der Waals surface area contributed by atoms with Gasteiger partial charge in [0.05, 0.1) is 16.9 Å². The molecule has 0 radical (unpaired) electrons. The van der Waals surface area contributed by atoms with Crippen molar-refractivity contribution < 1.29 is 4.92 Å². The lowest BCUT2D eigenvalue weighted by Gasteiger charge is -2.22. The fourth-order valence-corrected chi connectivity index (χ4v) is 2.13. The molecule has 0 saturated heterocycles. The molecule has 0 aromatic heterocycles. The Morgan fingerprint density at radius 3 is 2.75 bits per heavy atom. The van der Waals surface area contributed by atoms with Gasteiger partial charge in [0, 0.05) is 26.2 Å². The first-order chi connectivity index (χ1) is 9.53. The van der Waals surface area contributed by atoms with Crippen LogP contribution in [0.4, 0.5) is 11.4 Å².